The van der Waals surface area contributed by atoms with E-state index in [2.05, 4.69) is 4.52 Å². The van der Waals surface area contributed by atoms with Crippen LogP contribution >= 0.6 is 7.82 Å². The number of aliphatic hydroxyl groups excluding tert-OH is 12. The average Bonchev–Trinajstić information content (AvgIpc) is 3.02. The predicted molar refractivity (Wildman–Crippen MR) is 139 cm³/mol. The van der Waals surface area contributed by atoms with Crippen molar-refractivity contribution in [2.24, 2.45) is 0 Å². The van der Waals surface area contributed by atoms with E-state index < -0.39 is 151 Å². The van der Waals surface area contributed by atoms with Crippen molar-refractivity contribution in [3.8, 4) is 0 Å². The average molecular weight is 717 g/mol. The third-order valence-electron chi connectivity index (χ3n) is 8.04. The molecular weight excluding hydrogens is 675 g/mol. The molecule has 0 bridgehead atoms. The van der Waals surface area contributed by atoms with Gasteiger partial charge in [-0.1, -0.05) is 0 Å². The highest BCUT2D eigenvalue weighted by atomic mass is 31.2. The molecule has 4 rings (SSSR count). The second-order valence-corrected chi connectivity index (χ2v) is 12.5. The lowest BCUT2D eigenvalue weighted by Gasteiger charge is -2.49. The third-order valence-corrected chi connectivity index (χ3v) is 8.53. The topological polar surface area (TPSA) is 374 Å². The smallest absolute Gasteiger partial charge is 0.394 e. The fourth-order valence-corrected chi connectivity index (χ4v) is 5.73. The normalized spacial score (nSPS) is 50.0. The summed E-state index contributed by atoms with van der Waals surface area (Å²) in [4.78, 5) is 18.4. The summed E-state index contributed by atoms with van der Waals surface area (Å²) in [5, 5.41) is 123. The van der Waals surface area contributed by atoms with Gasteiger partial charge in [-0.15, -0.1) is 0 Å². The molecule has 276 valence electrons. The van der Waals surface area contributed by atoms with Gasteiger partial charge in [0, 0.05) is 0 Å². The molecule has 0 aromatic heterocycles. The predicted octanol–water partition coefficient (Wildman–Crippen LogP) is -8.99. The Morgan fingerprint density at radius 3 is 1.74 bits per heavy atom. The summed E-state index contributed by atoms with van der Waals surface area (Å²) in [7, 11) is -5.19. The Labute approximate surface area is 264 Å². The van der Waals surface area contributed by atoms with Crippen LogP contribution in [0.3, 0.4) is 0 Å². The van der Waals surface area contributed by atoms with Gasteiger partial charge in [0.1, 0.15) is 91.6 Å². The molecule has 0 saturated carbocycles. The Balaban J connectivity index is 1.62. The van der Waals surface area contributed by atoms with Crippen molar-refractivity contribution < 1.29 is 113 Å². The lowest BCUT2D eigenvalue weighted by atomic mass is 9.96. The molecule has 4 aliphatic heterocycles. The van der Waals surface area contributed by atoms with Gasteiger partial charge in [-0.25, -0.2) is 4.57 Å². The quantitative estimate of drug-likeness (QED) is 0.0882. The van der Waals surface area contributed by atoms with Gasteiger partial charge in [0.2, 0.25) is 0 Å². The monoisotopic (exact) mass is 716 g/mol. The van der Waals surface area contributed by atoms with E-state index in [-0.39, 0.29) is 0 Å². The highest BCUT2D eigenvalue weighted by Crippen LogP contribution is 2.38. The van der Waals surface area contributed by atoms with E-state index in [9.17, 15) is 75.6 Å². The van der Waals surface area contributed by atoms with E-state index in [4.69, 9.17) is 33.2 Å². The van der Waals surface area contributed by atoms with Gasteiger partial charge in [-0.3, -0.25) is 4.52 Å². The fourth-order valence-electron chi connectivity index (χ4n) is 5.39. The first-order chi connectivity index (χ1) is 22.0. The van der Waals surface area contributed by atoms with Crippen molar-refractivity contribution in [2.45, 2.75) is 117 Å². The van der Waals surface area contributed by atoms with Gasteiger partial charge in [0.05, 0.1) is 26.4 Å². The molecule has 0 aromatic rings. The number of phosphoric acid groups is 1. The van der Waals surface area contributed by atoms with Crippen LogP contribution < -0.4 is 0 Å². The van der Waals surface area contributed by atoms with E-state index in [0.717, 1.165) is 0 Å². The maximum atomic E-state index is 11.4. The third kappa shape index (κ3) is 8.81. The van der Waals surface area contributed by atoms with Crippen molar-refractivity contribution >= 4 is 7.82 Å². The summed E-state index contributed by atoms with van der Waals surface area (Å²) in [6.07, 6.45) is -35.7. The largest absolute Gasteiger partial charge is 0.469 e. The summed E-state index contributed by atoms with van der Waals surface area (Å²) in [5.41, 5.74) is 0. The summed E-state index contributed by atoms with van der Waals surface area (Å²) in [6.45, 7) is -3.45. The second kappa shape index (κ2) is 16.1. The Bertz CT molecular complexity index is 1030. The number of hydrogen-bond donors (Lipinski definition) is 14. The molecule has 14 N–H and O–H groups in total. The molecule has 0 radical (unpaired) electrons. The Kier molecular flexibility index (Phi) is 13.4. The minimum absolute atomic E-state index is 0.547. The summed E-state index contributed by atoms with van der Waals surface area (Å²) in [5.74, 6) is 0. The van der Waals surface area contributed by atoms with Crippen LogP contribution in [0, 0.1) is 0 Å². The highest BCUT2D eigenvalue weighted by Gasteiger charge is 2.55. The van der Waals surface area contributed by atoms with Gasteiger partial charge < -0.3 is 104 Å². The van der Waals surface area contributed by atoms with Crippen molar-refractivity contribution in [2.75, 3.05) is 26.4 Å². The maximum Gasteiger partial charge on any atom is 0.469 e. The first-order valence-electron chi connectivity index (χ1n) is 14.3. The fraction of sp³-hybridized carbons (Fsp3) is 1.00. The summed E-state index contributed by atoms with van der Waals surface area (Å²) >= 11 is 0. The van der Waals surface area contributed by atoms with Gasteiger partial charge in [0.15, 0.2) is 25.2 Å². The molecule has 0 aromatic carbocycles. The van der Waals surface area contributed by atoms with Crippen molar-refractivity contribution in [1.82, 2.24) is 0 Å². The second-order valence-electron chi connectivity index (χ2n) is 11.3. The molecule has 4 fully saturated rings. The van der Waals surface area contributed by atoms with Crippen molar-refractivity contribution in [3.05, 3.63) is 0 Å². The molecule has 0 amide bonds. The van der Waals surface area contributed by atoms with E-state index in [1.807, 2.05) is 0 Å². The molecule has 0 aliphatic carbocycles. The minimum Gasteiger partial charge on any atom is -0.394 e. The number of phosphoric ester groups is 1. The van der Waals surface area contributed by atoms with Gasteiger partial charge in [-0.05, 0) is 0 Å². The standard InChI is InChI=1S/C23H41O23P/c24-1-6-10(28)12(30)19(46-21-15(33)9(27)5(26)3-39-21)23(42-6)45-18-11(29)8(4-40-47(36,37)38)43-22(16(18)34)44-17-7(2-25)41-20(35)14(32)13(17)31/h5-35H,1-4H2,(H2,36,37,38)/t5-,6-,7-,8-,9-,10+,11+,12+,13-,14+,15+,16-,17-,18+,19-,20?,21+,22+,23+/m1/s1. The minimum atomic E-state index is -5.19. The van der Waals surface area contributed by atoms with Crippen LogP contribution in [0.25, 0.3) is 0 Å². The number of rotatable bonds is 11. The molecular formula is C23H41O23P. The lowest BCUT2D eigenvalue weighted by Crippen LogP contribution is -2.67. The number of ether oxygens (including phenoxy) is 7. The van der Waals surface area contributed by atoms with Crippen molar-refractivity contribution in [1.29, 1.82) is 0 Å². The van der Waals surface area contributed by atoms with Gasteiger partial charge in [0.25, 0.3) is 0 Å². The van der Waals surface area contributed by atoms with Gasteiger partial charge in [-0.2, -0.15) is 0 Å². The molecule has 1 unspecified atom stereocenters. The molecule has 47 heavy (non-hydrogen) atoms. The molecule has 24 heteroatoms. The van der Waals surface area contributed by atoms with Crippen LogP contribution in [0.1, 0.15) is 0 Å². The first kappa shape index (κ1) is 39.1. The van der Waals surface area contributed by atoms with Gasteiger partial charge >= 0.3 is 7.82 Å². The van der Waals surface area contributed by atoms with Crippen LogP contribution in [-0.2, 0) is 42.2 Å². The van der Waals surface area contributed by atoms with E-state index in [1.165, 1.54) is 0 Å². The number of aliphatic hydroxyl groups is 12. The number of hydrogen-bond acceptors (Lipinski definition) is 21. The molecule has 23 nitrogen and oxygen atoms in total. The molecule has 19 atom stereocenters. The Morgan fingerprint density at radius 1 is 0.553 bits per heavy atom. The zero-order valence-corrected chi connectivity index (χ0v) is 25.1. The SMILES string of the molecule is O=P(O)(O)OC[C@H]1O[C@@H](O[C@H]2[C@H](O)[C@H](O)C(O)O[C@@H]2CO)[C@H](O)[C@@H](O[C@@H]2O[C@H](CO)[C@H](O)[C@H](O)[C@H]2O[C@@H]2OC[C@@H](O)[C@@H](O)[C@@H]2O)[C@H]1O. The van der Waals surface area contributed by atoms with Crippen LogP contribution in [0.5, 0.6) is 0 Å². The molecule has 4 aliphatic rings. The van der Waals surface area contributed by atoms with Crippen LogP contribution in [0.2, 0.25) is 0 Å². The van der Waals surface area contributed by atoms with Crippen LogP contribution in [-0.4, -0.2) is 214 Å². The maximum absolute atomic E-state index is 11.4. The Hall–Kier alpha value is -0.650. The Morgan fingerprint density at radius 2 is 1.13 bits per heavy atom. The molecule has 4 saturated heterocycles. The van der Waals surface area contributed by atoms with Crippen LogP contribution in [0.15, 0.2) is 0 Å². The lowest BCUT2D eigenvalue weighted by molar-refractivity contribution is -0.392. The highest BCUT2D eigenvalue weighted by molar-refractivity contribution is 7.46. The van der Waals surface area contributed by atoms with Crippen molar-refractivity contribution in [3.63, 3.8) is 0 Å². The molecule has 0 spiro atoms. The summed E-state index contributed by atoms with van der Waals surface area (Å²) < 4.78 is 53.7. The summed E-state index contributed by atoms with van der Waals surface area (Å²) in [6, 6.07) is 0. The first-order valence-corrected chi connectivity index (χ1v) is 15.8. The zero-order valence-electron chi connectivity index (χ0n) is 24.2. The van der Waals surface area contributed by atoms with E-state index in [0.29, 0.717) is 0 Å². The van der Waals surface area contributed by atoms with Crippen LogP contribution in [0.4, 0.5) is 0 Å². The zero-order chi connectivity index (χ0) is 35.0. The van der Waals surface area contributed by atoms with E-state index >= 15 is 0 Å². The molecule has 4 heterocycles. The van der Waals surface area contributed by atoms with E-state index in [1.54, 1.807) is 0 Å².